The Balaban J connectivity index is 1.69. The molecule has 0 aliphatic carbocycles. The van der Waals surface area contributed by atoms with Crippen LogP contribution in [0.15, 0.2) is 41.4 Å². The number of nitrogens with zero attached hydrogens (tertiary/aromatic N) is 2. The van der Waals surface area contributed by atoms with Gasteiger partial charge in [-0.15, -0.1) is 0 Å². The van der Waals surface area contributed by atoms with Crippen LogP contribution in [-0.2, 0) is 19.6 Å². The molecule has 2 aromatic rings. The van der Waals surface area contributed by atoms with Gasteiger partial charge in [0.1, 0.15) is 5.92 Å². The van der Waals surface area contributed by atoms with Gasteiger partial charge < -0.3 is 10.6 Å². The fourth-order valence-corrected chi connectivity index (χ4v) is 3.60. The number of sulfonamides is 1. The van der Waals surface area contributed by atoms with Crippen LogP contribution in [0.4, 0.5) is 11.6 Å². The van der Waals surface area contributed by atoms with Crippen LogP contribution in [0.3, 0.4) is 0 Å². The molecule has 3 N–H and O–H groups in total. The number of anilines is 2. The molecule has 0 spiro atoms. The van der Waals surface area contributed by atoms with Gasteiger partial charge in [0, 0.05) is 24.1 Å². The van der Waals surface area contributed by atoms with Gasteiger partial charge in [-0.2, -0.15) is 0 Å². The summed E-state index contributed by atoms with van der Waals surface area (Å²) in [5.74, 6) is -1.45. The minimum Gasteiger partial charge on any atom is -0.355 e. The lowest BCUT2D eigenvalue weighted by molar-refractivity contribution is -0.134. The SMILES string of the molecule is Cc1ccnc(NS(=O)(=O)c2ccc(NC(=O)[C@@H]3CCCNC3=O)cc2)n1. The summed E-state index contributed by atoms with van der Waals surface area (Å²) in [6, 6.07) is 7.29. The van der Waals surface area contributed by atoms with Crippen LogP contribution in [-0.4, -0.2) is 36.7 Å². The van der Waals surface area contributed by atoms with E-state index < -0.39 is 21.8 Å². The molecule has 1 aromatic heterocycles. The van der Waals surface area contributed by atoms with Crippen molar-refractivity contribution >= 4 is 33.5 Å². The van der Waals surface area contributed by atoms with E-state index >= 15 is 0 Å². The molecule has 10 heteroatoms. The second kappa shape index (κ2) is 7.70. The van der Waals surface area contributed by atoms with Crippen molar-refractivity contribution in [3.8, 4) is 0 Å². The highest BCUT2D eigenvalue weighted by atomic mass is 32.2. The summed E-state index contributed by atoms with van der Waals surface area (Å²) in [6.45, 7) is 2.30. The summed E-state index contributed by atoms with van der Waals surface area (Å²) in [7, 11) is -3.86. The Morgan fingerprint density at radius 1 is 1.22 bits per heavy atom. The molecule has 1 aliphatic rings. The first-order valence-corrected chi connectivity index (χ1v) is 9.84. The first-order valence-electron chi connectivity index (χ1n) is 8.36. The minimum absolute atomic E-state index is 0.000939. The normalized spacial score (nSPS) is 17.1. The van der Waals surface area contributed by atoms with Crippen molar-refractivity contribution < 1.29 is 18.0 Å². The Bertz CT molecular complexity index is 960. The van der Waals surface area contributed by atoms with Crippen molar-refractivity contribution in [2.24, 2.45) is 5.92 Å². The smallest absolute Gasteiger partial charge is 0.264 e. The summed E-state index contributed by atoms with van der Waals surface area (Å²) >= 11 is 0. The average molecular weight is 389 g/mol. The van der Waals surface area contributed by atoms with Crippen LogP contribution in [0.25, 0.3) is 0 Å². The number of carbonyl (C=O) groups is 2. The van der Waals surface area contributed by atoms with Crippen molar-refractivity contribution in [1.29, 1.82) is 0 Å². The monoisotopic (exact) mass is 389 g/mol. The second-order valence-corrected chi connectivity index (χ2v) is 7.81. The Morgan fingerprint density at radius 3 is 2.63 bits per heavy atom. The van der Waals surface area contributed by atoms with Crippen LogP contribution in [0.1, 0.15) is 18.5 Å². The number of nitrogens with one attached hydrogen (secondary N) is 3. The molecule has 1 aromatic carbocycles. The summed E-state index contributed by atoms with van der Waals surface area (Å²) < 4.78 is 27.1. The predicted molar refractivity (Wildman–Crippen MR) is 98.4 cm³/mol. The molecule has 1 aliphatic heterocycles. The Morgan fingerprint density at radius 2 is 1.96 bits per heavy atom. The lowest BCUT2D eigenvalue weighted by atomic mass is 9.98. The maximum absolute atomic E-state index is 12.4. The van der Waals surface area contributed by atoms with Crippen molar-refractivity contribution in [2.75, 3.05) is 16.6 Å². The quantitative estimate of drug-likeness (QED) is 0.655. The van der Waals surface area contributed by atoms with E-state index in [2.05, 4.69) is 25.3 Å². The van der Waals surface area contributed by atoms with E-state index in [-0.39, 0.29) is 16.8 Å². The molecule has 9 nitrogen and oxygen atoms in total. The largest absolute Gasteiger partial charge is 0.355 e. The average Bonchev–Trinajstić information content (AvgIpc) is 2.62. The van der Waals surface area contributed by atoms with Gasteiger partial charge in [-0.25, -0.2) is 23.1 Å². The molecular formula is C17H19N5O4S. The van der Waals surface area contributed by atoms with Gasteiger partial charge in [0.2, 0.25) is 17.8 Å². The van der Waals surface area contributed by atoms with E-state index in [0.717, 1.165) is 6.42 Å². The number of carbonyl (C=O) groups excluding carboxylic acids is 2. The van der Waals surface area contributed by atoms with Crippen LogP contribution in [0, 0.1) is 12.8 Å². The van der Waals surface area contributed by atoms with Gasteiger partial charge in [-0.1, -0.05) is 0 Å². The second-order valence-electron chi connectivity index (χ2n) is 6.13. The number of hydrogen-bond acceptors (Lipinski definition) is 6. The number of aromatic nitrogens is 2. The lowest BCUT2D eigenvalue weighted by Crippen LogP contribution is -2.42. The maximum atomic E-state index is 12.4. The first-order chi connectivity index (χ1) is 12.8. The van der Waals surface area contributed by atoms with Crippen molar-refractivity contribution in [3.05, 3.63) is 42.2 Å². The summed E-state index contributed by atoms with van der Waals surface area (Å²) in [5.41, 5.74) is 1.04. The van der Waals surface area contributed by atoms with Gasteiger partial charge in [-0.3, -0.25) is 9.59 Å². The molecule has 142 valence electrons. The zero-order valence-electron chi connectivity index (χ0n) is 14.6. The van der Waals surface area contributed by atoms with E-state index in [1.807, 2.05) is 0 Å². The number of piperidine rings is 1. The van der Waals surface area contributed by atoms with E-state index in [1.54, 1.807) is 13.0 Å². The molecule has 27 heavy (non-hydrogen) atoms. The van der Waals surface area contributed by atoms with E-state index in [0.29, 0.717) is 24.3 Å². The van der Waals surface area contributed by atoms with Gasteiger partial charge in [0.15, 0.2) is 0 Å². The van der Waals surface area contributed by atoms with E-state index in [1.165, 1.54) is 30.5 Å². The highest BCUT2D eigenvalue weighted by molar-refractivity contribution is 7.92. The number of hydrogen-bond donors (Lipinski definition) is 3. The van der Waals surface area contributed by atoms with Crippen molar-refractivity contribution in [1.82, 2.24) is 15.3 Å². The Kier molecular flexibility index (Phi) is 5.36. The third-order valence-electron chi connectivity index (χ3n) is 4.05. The zero-order valence-corrected chi connectivity index (χ0v) is 15.4. The third kappa shape index (κ3) is 4.59. The maximum Gasteiger partial charge on any atom is 0.264 e. The molecule has 2 heterocycles. The Labute approximate surface area is 156 Å². The van der Waals surface area contributed by atoms with Crippen LogP contribution < -0.4 is 15.4 Å². The van der Waals surface area contributed by atoms with Gasteiger partial charge >= 0.3 is 0 Å². The molecule has 0 radical (unpaired) electrons. The third-order valence-corrected chi connectivity index (χ3v) is 5.40. The molecular weight excluding hydrogens is 370 g/mol. The first kappa shape index (κ1) is 18.8. The summed E-state index contributed by atoms with van der Waals surface area (Å²) in [4.78, 5) is 31.8. The number of rotatable bonds is 5. The van der Waals surface area contributed by atoms with Crippen molar-refractivity contribution in [2.45, 2.75) is 24.7 Å². The number of aryl methyl sites for hydroxylation is 1. The van der Waals surface area contributed by atoms with Crippen LogP contribution >= 0.6 is 0 Å². The van der Waals surface area contributed by atoms with Gasteiger partial charge in [0.25, 0.3) is 10.0 Å². The van der Waals surface area contributed by atoms with E-state index in [4.69, 9.17) is 0 Å². The van der Waals surface area contributed by atoms with Crippen molar-refractivity contribution in [3.63, 3.8) is 0 Å². The van der Waals surface area contributed by atoms with Crippen LogP contribution in [0.2, 0.25) is 0 Å². The lowest BCUT2D eigenvalue weighted by Gasteiger charge is -2.21. The topological polar surface area (TPSA) is 130 Å². The highest BCUT2D eigenvalue weighted by Gasteiger charge is 2.29. The van der Waals surface area contributed by atoms with Gasteiger partial charge in [-0.05, 0) is 50.1 Å². The summed E-state index contributed by atoms with van der Waals surface area (Å²) in [5, 5.41) is 5.29. The molecule has 1 fully saturated rings. The highest BCUT2D eigenvalue weighted by Crippen LogP contribution is 2.19. The van der Waals surface area contributed by atoms with E-state index in [9.17, 15) is 18.0 Å². The molecule has 0 saturated carbocycles. The fourth-order valence-electron chi connectivity index (χ4n) is 2.65. The molecule has 1 atom stereocenters. The zero-order chi connectivity index (χ0) is 19.4. The minimum atomic E-state index is -3.86. The standard InChI is InChI=1S/C17H19N5O4S/c1-11-8-10-19-17(20-11)22-27(25,26)13-6-4-12(5-7-13)21-16(24)14-3-2-9-18-15(14)23/h4-8,10,14H,2-3,9H2,1H3,(H,18,23)(H,21,24)(H,19,20,22)/t14-/m1/s1. The molecule has 2 amide bonds. The number of benzene rings is 1. The molecule has 0 bridgehead atoms. The molecule has 3 rings (SSSR count). The molecule has 1 saturated heterocycles. The predicted octanol–water partition coefficient (Wildman–Crippen LogP) is 1.05. The number of amides is 2. The fraction of sp³-hybridized carbons (Fsp3) is 0.294. The van der Waals surface area contributed by atoms with Crippen LogP contribution in [0.5, 0.6) is 0 Å². The summed E-state index contributed by atoms with van der Waals surface area (Å²) in [6.07, 6.45) is 2.69. The Hall–Kier alpha value is -3.01. The van der Waals surface area contributed by atoms with Gasteiger partial charge in [0.05, 0.1) is 4.90 Å². The molecule has 0 unspecified atom stereocenters.